The van der Waals surface area contributed by atoms with Gasteiger partial charge in [0.25, 0.3) is 11.8 Å². The molecule has 0 unspecified atom stereocenters. The lowest BCUT2D eigenvalue weighted by atomic mass is 10.2. The van der Waals surface area contributed by atoms with E-state index in [0.29, 0.717) is 0 Å². The molecule has 2 N–H and O–H groups in total. The topological polar surface area (TPSA) is 78.9 Å². The number of nitrogens with one attached hydrogen (secondary N) is 1. The Bertz CT molecular complexity index is 936. The number of rotatable bonds is 4. The van der Waals surface area contributed by atoms with Crippen LogP contribution >= 0.6 is 0 Å². The zero-order chi connectivity index (χ0) is 19.0. The van der Waals surface area contributed by atoms with Crippen LogP contribution in [0.2, 0.25) is 0 Å². The second-order valence-electron chi connectivity index (χ2n) is 5.27. The summed E-state index contributed by atoms with van der Waals surface area (Å²) in [6.45, 7) is 0. The molecule has 0 fully saturated rings. The van der Waals surface area contributed by atoms with E-state index in [1.165, 1.54) is 19.2 Å². The van der Waals surface area contributed by atoms with Crippen LogP contribution in [0.3, 0.4) is 0 Å². The first-order valence-electron chi connectivity index (χ1n) is 7.20. The van der Waals surface area contributed by atoms with E-state index in [1.54, 1.807) is 0 Å². The van der Waals surface area contributed by atoms with Gasteiger partial charge < -0.3 is 15.2 Å². The summed E-state index contributed by atoms with van der Waals surface area (Å²) in [5.41, 5.74) is -0.360. The van der Waals surface area contributed by atoms with Crippen molar-refractivity contribution in [1.82, 2.24) is 0 Å². The van der Waals surface area contributed by atoms with Gasteiger partial charge in [-0.2, -0.15) is 0 Å². The number of carbonyl (C=O) groups is 2. The van der Waals surface area contributed by atoms with E-state index < -0.39 is 35.0 Å². The van der Waals surface area contributed by atoms with Crippen molar-refractivity contribution in [2.75, 3.05) is 17.3 Å². The second-order valence-corrected chi connectivity index (χ2v) is 5.27. The van der Waals surface area contributed by atoms with Gasteiger partial charge in [0.1, 0.15) is 5.70 Å². The van der Waals surface area contributed by atoms with Crippen LogP contribution in [0, 0.1) is 17.5 Å². The van der Waals surface area contributed by atoms with Gasteiger partial charge in [-0.1, -0.05) is 0 Å². The molecule has 2 amide bonds. The number of imide groups is 1. The van der Waals surface area contributed by atoms with Gasteiger partial charge in [-0.05, 0) is 12.1 Å². The molecular formula is C17H11F3N2O4. The number of phenolic OH excluding ortho intramolecular Hbond substituents is 1. The molecule has 0 radical (unpaired) electrons. The van der Waals surface area contributed by atoms with Crippen LogP contribution in [-0.4, -0.2) is 24.0 Å². The molecule has 6 nitrogen and oxygen atoms in total. The Hall–Kier alpha value is -3.49. The number of amides is 2. The Kier molecular flexibility index (Phi) is 4.29. The molecule has 0 bridgehead atoms. The van der Waals surface area contributed by atoms with Gasteiger partial charge >= 0.3 is 0 Å². The molecule has 3 rings (SSSR count). The van der Waals surface area contributed by atoms with Gasteiger partial charge in [0.2, 0.25) is 0 Å². The summed E-state index contributed by atoms with van der Waals surface area (Å²) in [5.74, 6) is -5.99. The summed E-state index contributed by atoms with van der Waals surface area (Å²) in [5, 5.41) is 11.5. The van der Waals surface area contributed by atoms with E-state index in [0.717, 1.165) is 29.2 Å². The molecule has 26 heavy (non-hydrogen) atoms. The number of hydrogen-bond acceptors (Lipinski definition) is 5. The molecule has 2 aromatic rings. The molecule has 0 saturated heterocycles. The Labute approximate surface area is 145 Å². The van der Waals surface area contributed by atoms with E-state index in [1.807, 2.05) is 0 Å². The molecule has 1 heterocycles. The summed E-state index contributed by atoms with van der Waals surface area (Å²) < 4.78 is 45.1. The quantitative estimate of drug-likeness (QED) is 0.644. The second kappa shape index (κ2) is 6.43. The number of methoxy groups -OCH3 is 1. The number of carbonyl (C=O) groups excluding carboxylic acids is 2. The van der Waals surface area contributed by atoms with Crippen LogP contribution in [0.4, 0.5) is 24.5 Å². The molecule has 0 aliphatic carbocycles. The maximum Gasteiger partial charge on any atom is 0.281 e. The van der Waals surface area contributed by atoms with Gasteiger partial charge in [-0.25, -0.2) is 18.1 Å². The lowest BCUT2D eigenvalue weighted by Gasteiger charge is -2.16. The molecule has 1 aliphatic heterocycles. The number of halogens is 3. The number of phenols is 1. The van der Waals surface area contributed by atoms with Crippen LogP contribution in [0.25, 0.3) is 0 Å². The van der Waals surface area contributed by atoms with Gasteiger partial charge in [-0.15, -0.1) is 0 Å². The fourth-order valence-electron chi connectivity index (χ4n) is 2.39. The zero-order valence-corrected chi connectivity index (χ0v) is 13.2. The predicted octanol–water partition coefficient (Wildman–Crippen LogP) is 2.69. The summed E-state index contributed by atoms with van der Waals surface area (Å²) >= 11 is 0. The first-order valence-corrected chi connectivity index (χ1v) is 7.20. The number of anilines is 2. The fourth-order valence-corrected chi connectivity index (χ4v) is 2.39. The van der Waals surface area contributed by atoms with Gasteiger partial charge in [0.05, 0.1) is 12.8 Å². The largest absolute Gasteiger partial charge is 0.503 e. The first kappa shape index (κ1) is 17.3. The van der Waals surface area contributed by atoms with Gasteiger partial charge in [0.15, 0.2) is 29.0 Å². The third-order valence-corrected chi connectivity index (χ3v) is 3.61. The molecule has 0 aromatic heterocycles. The smallest absolute Gasteiger partial charge is 0.281 e. The average molecular weight is 364 g/mol. The van der Waals surface area contributed by atoms with E-state index in [2.05, 4.69) is 5.32 Å². The first-order chi connectivity index (χ1) is 12.3. The van der Waals surface area contributed by atoms with Crippen molar-refractivity contribution >= 4 is 23.2 Å². The molecule has 134 valence electrons. The standard InChI is InChI=1S/C17H11F3N2O4/c1-26-14-6-9(2-3-10(14)18)22-15(23)7-13(17(22)25)21-8-4-11(19)16(24)12(20)5-8/h2-7,21,24H,1H3. The highest BCUT2D eigenvalue weighted by Gasteiger charge is 2.33. The highest BCUT2D eigenvalue weighted by molar-refractivity contribution is 6.31. The molecule has 2 aromatic carbocycles. The Morgan fingerprint density at radius 3 is 2.31 bits per heavy atom. The van der Waals surface area contributed by atoms with Gasteiger partial charge in [-0.3, -0.25) is 9.59 Å². The van der Waals surface area contributed by atoms with E-state index in [9.17, 15) is 22.8 Å². The average Bonchev–Trinajstić information content (AvgIpc) is 2.87. The number of ether oxygens (including phenoxy) is 1. The minimum atomic E-state index is -1.23. The summed E-state index contributed by atoms with van der Waals surface area (Å²) in [7, 11) is 1.23. The van der Waals surface area contributed by atoms with Crippen molar-refractivity contribution in [3.05, 3.63) is 59.6 Å². The Morgan fingerprint density at radius 1 is 1.04 bits per heavy atom. The fraction of sp³-hybridized carbons (Fsp3) is 0.0588. The van der Waals surface area contributed by atoms with E-state index in [-0.39, 0.29) is 22.8 Å². The number of benzene rings is 2. The maximum absolute atomic E-state index is 13.5. The monoisotopic (exact) mass is 364 g/mol. The zero-order valence-electron chi connectivity index (χ0n) is 13.2. The Morgan fingerprint density at radius 2 is 1.69 bits per heavy atom. The lowest BCUT2D eigenvalue weighted by molar-refractivity contribution is -0.120. The highest BCUT2D eigenvalue weighted by atomic mass is 19.1. The van der Waals surface area contributed by atoms with Crippen molar-refractivity contribution < 1.29 is 32.6 Å². The van der Waals surface area contributed by atoms with Crippen LogP contribution < -0.4 is 15.0 Å². The minimum absolute atomic E-state index is 0.0642. The van der Waals surface area contributed by atoms with E-state index >= 15 is 0 Å². The number of hydrogen-bond donors (Lipinski definition) is 2. The van der Waals surface area contributed by atoms with Crippen LogP contribution in [0.5, 0.6) is 11.5 Å². The van der Waals surface area contributed by atoms with Crippen molar-refractivity contribution in [2.24, 2.45) is 0 Å². The van der Waals surface area contributed by atoms with Crippen LogP contribution in [0.1, 0.15) is 0 Å². The summed E-state index contributed by atoms with van der Waals surface area (Å²) in [6, 6.07) is 4.94. The molecule has 0 spiro atoms. The summed E-state index contributed by atoms with van der Waals surface area (Å²) in [4.78, 5) is 25.3. The lowest BCUT2D eigenvalue weighted by Crippen LogP contribution is -2.32. The Balaban J connectivity index is 1.88. The maximum atomic E-state index is 13.5. The van der Waals surface area contributed by atoms with Crippen molar-refractivity contribution in [3.8, 4) is 11.5 Å². The number of aromatic hydroxyl groups is 1. The van der Waals surface area contributed by atoms with Gasteiger partial charge in [0, 0.05) is 30.0 Å². The van der Waals surface area contributed by atoms with E-state index in [4.69, 9.17) is 9.84 Å². The third kappa shape index (κ3) is 2.94. The molecule has 1 aliphatic rings. The van der Waals surface area contributed by atoms with Crippen LogP contribution in [-0.2, 0) is 9.59 Å². The van der Waals surface area contributed by atoms with Crippen molar-refractivity contribution in [3.63, 3.8) is 0 Å². The predicted molar refractivity (Wildman–Crippen MR) is 85.2 cm³/mol. The van der Waals surface area contributed by atoms with Crippen molar-refractivity contribution in [1.29, 1.82) is 0 Å². The molecule has 9 heteroatoms. The minimum Gasteiger partial charge on any atom is -0.503 e. The molecule has 0 atom stereocenters. The summed E-state index contributed by atoms with van der Waals surface area (Å²) in [6.07, 6.45) is 0.931. The van der Waals surface area contributed by atoms with Crippen LogP contribution in [0.15, 0.2) is 42.1 Å². The molecule has 0 saturated carbocycles. The highest BCUT2D eigenvalue weighted by Crippen LogP contribution is 2.30. The molecular weight excluding hydrogens is 353 g/mol. The van der Waals surface area contributed by atoms with Crippen molar-refractivity contribution in [2.45, 2.75) is 0 Å². The number of nitrogens with zero attached hydrogens (tertiary/aromatic N) is 1. The SMILES string of the molecule is COc1cc(N2C(=O)C=C(Nc3cc(F)c(O)c(F)c3)C2=O)ccc1F. The third-order valence-electron chi connectivity index (χ3n) is 3.61. The normalized spacial score (nSPS) is 13.8.